The van der Waals surface area contributed by atoms with Crippen LogP contribution in [0.25, 0.3) is 22.2 Å². The Hall–Kier alpha value is -3.93. The maximum Gasteiger partial charge on any atom is 0.419 e. The van der Waals surface area contributed by atoms with Gasteiger partial charge < -0.3 is 14.7 Å². The number of anilines is 1. The number of unbranched alkanes of at least 4 members (excludes halogenated alkanes) is 1. The first-order valence-corrected chi connectivity index (χ1v) is 17.8. The summed E-state index contributed by atoms with van der Waals surface area (Å²) in [7, 11) is 0. The van der Waals surface area contributed by atoms with Crippen LogP contribution in [-0.4, -0.2) is 59.0 Å². The largest absolute Gasteiger partial charge is 0.492 e. The van der Waals surface area contributed by atoms with Gasteiger partial charge in [0.2, 0.25) is 5.13 Å². The van der Waals surface area contributed by atoms with E-state index in [9.17, 15) is 18.0 Å². The summed E-state index contributed by atoms with van der Waals surface area (Å²) in [5.74, 6) is -0.903. The Morgan fingerprint density at radius 1 is 1.08 bits per heavy atom. The summed E-state index contributed by atoms with van der Waals surface area (Å²) in [6.07, 6.45) is 0.989. The predicted molar refractivity (Wildman–Crippen MR) is 188 cm³/mol. The molecule has 7 nitrogen and oxygen atoms in total. The number of carbonyl (C=O) groups is 1. The number of aromatic nitrogens is 2. The van der Waals surface area contributed by atoms with Crippen LogP contribution in [0, 0.1) is 5.92 Å². The average molecular weight is 711 g/mol. The topological polar surface area (TPSA) is 78.8 Å². The third-order valence-electron chi connectivity index (χ3n) is 9.17. The zero-order chi connectivity index (χ0) is 34.5. The van der Waals surface area contributed by atoms with Gasteiger partial charge in [-0.15, -0.1) is 10.2 Å². The number of benzene rings is 3. The molecule has 0 amide bonds. The maximum absolute atomic E-state index is 14.3. The Labute approximate surface area is 293 Å². The molecule has 0 spiro atoms. The van der Waals surface area contributed by atoms with Crippen molar-refractivity contribution in [1.29, 1.82) is 0 Å². The van der Waals surface area contributed by atoms with E-state index in [4.69, 9.17) is 21.4 Å². The van der Waals surface area contributed by atoms with E-state index in [1.54, 1.807) is 6.07 Å². The first-order valence-electron chi connectivity index (χ1n) is 16.6. The molecule has 0 radical (unpaired) electrons. The fourth-order valence-electron chi connectivity index (χ4n) is 6.63. The van der Waals surface area contributed by atoms with Crippen LogP contribution >= 0.6 is 22.9 Å². The van der Waals surface area contributed by atoms with E-state index in [0.717, 1.165) is 54.0 Å². The number of hydrogen-bond donors (Lipinski definition) is 1. The van der Waals surface area contributed by atoms with Crippen molar-refractivity contribution < 1.29 is 27.8 Å². The van der Waals surface area contributed by atoms with Crippen LogP contribution in [0.2, 0.25) is 5.02 Å². The zero-order valence-corrected chi connectivity index (χ0v) is 28.7. The molecule has 6 rings (SSSR count). The minimum absolute atomic E-state index is 0.0888. The predicted octanol–water partition coefficient (Wildman–Crippen LogP) is 9.34. The Morgan fingerprint density at radius 2 is 1.84 bits per heavy atom. The first kappa shape index (κ1) is 34.9. The summed E-state index contributed by atoms with van der Waals surface area (Å²) in [6.45, 7) is 4.73. The molecule has 0 bridgehead atoms. The number of piperidine rings is 1. The molecule has 0 saturated carbocycles. The monoisotopic (exact) mass is 710 g/mol. The molecular formula is C37H38ClF3N4O3S. The molecule has 1 unspecified atom stereocenters. The van der Waals surface area contributed by atoms with Gasteiger partial charge in [-0.25, -0.2) is 0 Å². The second kappa shape index (κ2) is 15.3. The van der Waals surface area contributed by atoms with Gasteiger partial charge in [0.25, 0.3) is 0 Å². The molecule has 258 valence electrons. The van der Waals surface area contributed by atoms with Crippen molar-refractivity contribution in [2.75, 3.05) is 37.7 Å². The standard InChI is InChI=1S/C37H38ClF3N4O3S/c1-2-3-16-45(34-27-9-5-4-8-25(27)22-29(34)28-10-6-7-11-31(28)38)36-43-42-35(49-36)26-12-13-32(30(23-26)37(39,40)41)48-20-19-44-17-14-24(15-18-44)21-33(46)47/h4-13,22-24,34H,2-3,14-21H2,1H3,(H,46,47). The summed E-state index contributed by atoms with van der Waals surface area (Å²) >= 11 is 7.97. The van der Waals surface area contributed by atoms with E-state index < -0.39 is 17.7 Å². The average Bonchev–Trinajstić information content (AvgIpc) is 3.72. The summed E-state index contributed by atoms with van der Waals surface area (Å²) in [5, 5.41) is 19.6. The fraction of sp³-hybridized carbons (Fsp3) is 0.378. The molecule has 12 heteroatoms. The van der Waals surface area contributed by atoms with Crippen LogP contribution in [0.1, 0.15) is 67.3 Å². The molecule has 1 aromatic heterocycles. The van der Waals surface area contributed by atoms with Crippen molar-refractivity contribution in [2.24, 2.45) is 5.92 Å². The van der Waals surface area contributed by atoms with E-state index in [-0.39, 0.29) is 30.7 Å². The van der Waals surface area contributed by atoms with Crippen LogP contribution in [0.4, 0.5) is 18.3 Å². The van der Waals surface area contributed by atoms with Crippen LogP contribution in [0.5, 0.6) is 5.75 Å². The SMILES string of the molecule is CCCCN(c1nnc(-c2ccc(OCCN3CCC(CC(=O)O)CC3)c(C(F)(F)F)c2)s1)C1C(c2ccccc2Cl)=Cc2ccccc21. The van der Waals surface area contributed by atoms with Gasteiger partial charge >= 0.3 is 12.1 Å². The lowest BCUT2D eigenvalue weighted by molar-refractivity contribution is -0.139. The van der Waals surface area contributed by atoms with E-state index in [1.165, 1.54) is 17.4 Å². The molecule has 1 aliphatic carbocycles. The summed E-state index contributed by atoms with van der Waals surface area (Å²) in [5.41, 5.74) is 3.60. The quantitative estimate of drug-likeness (QED) is 0.148. The van der Waals surface area contributed by atoms with Crippen LogP contribution in [0.3, 0.4) is 0 Å². The lowest BCUT2D eigenvalue weighted by atomic mass is 9.94. The van der Waals surface area contributed by atoms with Gasteiger partial charge in [0.1, 0.15) is 17.4 Å². The van der Waals surface area contributed by atoms with Gasteiger partial charge in [-0.1, -0.05) is 78.7 Å². The highest BCUT2D eigenvalue weighted by Crippen LogP contribution is 2.48. The number of hydrogen-bond acceptors (Lipinski definition) is 7. The minimum Gasteiger partial charge on any atom is -0.492 e. The normalized spacial score (nSPS) is 16.8. The Morgan fingerprint density at radius 3 is 2.57 bits per heavy atom. The molecule has 4 aromatic rings. The Balaban J connectivity index is 1.23. The van der Waals surface area contributed by atoms with Gasteiger partial charge in [-0.3, -0.25) is 9.69 Å². The molecule has 1 N–H and O–H groups in total. The van der Waals surface area contributed by atoms with E-state index in [0.29, 0.717) is 46.9 Å². The molecule has 1 aliphatic heterocycles. The smallest absolute Gasteiger partial charge is 0.419 e. The molecular weight excluding hydrogens is 673 g/mol. The highest BCUT2D eigenvalue weighted by molar-refractivity contribution is 7.18. The molecule has 2 aliphatic rings. The van der Waals surface area contributed by atoms with Gasteiger partial charge in [0.15, 0.2) is 0 Å². The number of likely N-dealkylation sites (tertiary alicyclic amines) is 1. The molecule has 3 aromatic carbocycles. The van der Waals surface area contributed by atoms with Gasteiger partial charge in [-0.2, -0.15) is 13.2 Å². The Kier molecular flexibility index (Phi) is 10.9. The number of aliphatic carboxylic acids is 1. The number of rotatable bonds is 13. The van der Waals surface area contributed by atoms with Crippen LogP contribution in [-0.2, 0) is 11.0 Å². The highest BCUT2D eigenvalue weighted by atomic mass is 35.5. The molecule has 2 heterocycles. The van der Waals surface area contributed by atoms with Crippen molar-refractivity contribution in [3.63, 3.8) is 0 Å². The van der Waals surface area contributed by atoms with Crippen molar-refractivity contribution >= 4 is 45.7 Å². The Bertz CT molecular complexity index is 1810. The van der Waals surface area contributed by atoms with Crippen molar-refractivity contribution in [3.8, 4) is 16.3 Å². The number of ether oxygens (including phenoxy) is 1. The second-order valence-corrected chi connectivity index (χ2v) is 13.9. The van der Waals surface area contributed by atoms with Crippen LogP contribution in [0.15, 0.2) is 66.7 Å². The zero-order valence-electron chi connectivity index (χ0n) is 27.1. The number of fused-ring (bicyclic) bond motifs is 1. The summed E-state index contributed by atoms with van der Waals surface area (Å²) in [4.78, 5) is 15.3. The lowest BCUT2D eigenvalue weighted by Gasteiger charge is -2.32. The van der Waals surface area contributed by atoms with Gasteiger partial charge in [0.05, 0.1) is 11.6 Å². The molecule has 1 fully saturated rings. The number of nitrogens with zero attached hydrogens (tertiary/aromatic N) is 4. The van der Waals surface area contributed by atoms with E-state index >= 15 is 0 Å². The summed E-state index contributed by atoms with van der Waals surface area (Å²) in [6, 6.07) is 19.8. The van der Waals surface area contributed by atoms with Gasteiger partial charge in [0, 0.05) is 30.1 Å². The fourth-order valence-corrected chi connectivity index (χ4v) is 7.77. The molecule has 1 atom stereocenters. The van der Waals surface area contributed by atoms with E-state index in [1.807, 2.05) is 36.4 Å². The number of alkyl halides is 3. The number of carboxylic acids is 1. The lowest BCUT2D eigenvalue weighted by Crippen LogP contribution is -2.37. The third kappa shape index (κ3) is 8.11. The minimum atomic E-state index is -4.64. The van der Waals surface area contributed by atoms with Crippen LogP contribution < -0.4 is 9.64 Å². The van der Waals surface area contributed by atoms with Crippen molar-refractivity contribution in [2.45, 2.75) is 51.2 Å². The highest BCUT2D eigenvalue weighted by Gasteiger charge is 2.36. The summed E-state index contributed by atoms with van der Waals surface area (Å²) < 4.78 is 48.7. The molecule has 49 heavy (non-hydrogen) atoms. The van der Waals surface area contributed by atoms with E-state index in [2.05, 4.69) is 45.1 Å². The molecule has 1 saturated heterocycles. The first-order chi connectivity index (χ1) is 23.6. The van der Waals surface area contributed by atoms with Crippen molar-refractivity contribution in [3.05, 3.63) is 94.0 Å². The van der Waals surface area contributed by atoms with Crippen molar-refractivity contribution in [1.82, 2.24) is 15.1 Å². The number of halogens is 4. The second-order valence-electron chi connectivity index (χ2n) is 12.5. The third-order valence-corrected chi connectivity index (χ3v) is 10.5. The van der Waals surface area contributed by atoms with Gasteiger partial charge in [-0.05, 0) is 90.9 Å². The number of carboxylic acid groups (broad SMARTS) is 1. The maximum atomic E-state index is 14.3.